The van der Waals surface area contributed by atoms with Gasteiger partial charge in [-0.3, -0.25) is 9.59 Å². The number of halogens is 2. The zero-order valence-electron chi connectivity index (χ0n) is 19.8. The highest BCUT2D eigenvalue weighted by Gasteiger charge is 2.16. The fourth-order valence-corrected chi connectivity index (χ4v) is 3.44. The normalized spacial score (nSPS) is 14.0. The fraction of sp³-hybridized carbons (Fsp3) is 0.261. The zero-order chi connectivity index (χ0) is 26.1. The van der Waals surface area contributed by atoms with Crippen LogP contribution < -0.4 is 32.4 Å². The van der Waals surface area contributed by atoms with E-state index in [0.717, 1.165) is 43.0 Å². The van der Waals surface area contributed by atoms with Crippen LogP contribution in [-0.4, -0.2) is 52.5 Å². The molecule has 14 heteroatoms. The van der Waals surface area contributed by atoms with Crippen molar-refractivity contribution in [2.45, 2.75) is 19.3 Å². The summed E-state index contributed by atoms with van der Waals surface area (Å²) in [4.78, 5) is 35.6. The molecule has 0 spiro atoms. The second-order valence-corrected chi connectivity index (χ2v) is 8.05. The Labute approximate surface area is 224 Å². The molecule has 2 aromatic rings. The van der Waals surface area contributed by atoms with Crippen LogP contribution in [-0.2, 0) is 4.79 Å². The summed E-state index contributed by atoms with van der Waals surface area (Å²) in [6.45, 7) is 2.05. The van der Waals surface area contributed by atoms with E-state index >= 15 is 0 Å². The molecular weight excluding hydrogens is 523 g/mol. The lowest BCUT2D eigenvalue weighted by molar-refractivity contribution is -0.126. The van der Waals surface area contributed by atoms with Gasteiger partial charge in [-0.2, -0.15) is 4.99 Å². The molecule has 1 saturated heterocycles. The van der Waals surface area contributed by atoms with Crippen molar-refractivity contribution in [3.63, 3.8) is 0 Å². The number of nitrogens with two attached hydrogens (primary N) is 4. The van der Waals surface area contributed by atoms with Gasteiger partial charge in [-0.25, -0.2) is 9.97 Å². The van der Waals surface area contributed by atoms with Gasteiger partial charge < -0.3 is 37.3 Å². The van der Waals surface area contributed by atoms with Crippen LogP contribution in [0.5, 0.6) is 11.5 Å². The number of carbonyl (C=O) groups excluding carboxylic acids is 2. The smallest absolute Gasteiger partial charge is 0.302 e. The molecule has 12 nitrogen and oxygen atoms in total. The first-order valence-corrected chi connectivity index (χ1v) is 11.4. The number of piperidine rings is 1. The topological polar surface area (TPSA) is 198 Å². The van der Waals surface area contributed by atoms with Gasteiger partial charge in [0.15, 0.2) is 39.9 Å². The first-order valence-electron chi connectivity index (χ1n) is 11.0. The Hall–Kier alpha value is -4.03. The van der Waals surface area contributed by atoms with Crippen molar-refractivity contribution in [2.24, 2.45) is 16.5 Å². The molecular formula is C23H28Cl2N8O4. The van der Waals surface area contributed by atoms with Crippen LogP contribution >= 0.6 is 24.0 Å². The quantitative estimate of drug-likeness (QED) is 0.189. The van der Waals surface area contributed by atoms with Crippen LogP contribution in [0.2, 0.25) is 5.15 Å². The lowest BCUT2D eigenvalue weighted by atomic mass is 10.1. The molecule has 37 heavy (non-hydrogen) atoms. The third kappa shape index (κ3) is 8.54. The van der Waals surface area contributed by atoms with E-state index in [0.29, 0.717) is 0 Å². The Balaban J connectivity index is 0.000000268. The monoisotopic (exact) mass is 550 g/mol. The van der Waals surface area contributed by atoms with Crippen LogP contribution in [0.3, 0.4) is 0 Å². The maximum atomic E-state index is 11.9. The van der Waals surface area contributed by atoms with Crippen LogP contribution in [0, 0.1) is 0 Å². The Morgan fingerprint density at radius 3 is 2.41 bits per heavy atom. The second kappa shape index (κ2) is 13.9. The first-order chi connectivity index (χ1) is 17.2. The number of carbonyl (C=O) groups is 2. The van der Waals surface area contributed by atoms with Gasteiger partial charge in [0.1, 0.15) is 0 Å². The number of aromatic nitrogens is 2. The van der Waals surface area contributed by atoms with E-state index in [9.17, 15) is 9.59 Å². The van der Waals surface area contributed by atoms with Gasteiger partial charge in [0.05, 0.1) is 0 Å². The molecule has 0 bridgehead atoms. The highest BCUT2D eigenvalue weighted by molar-refractivity contribution is 6.31. The number of likely N-dealkylation sites (tertiary alicyclic amines) is 1. The molecule has 1 fully saturated rings. The molecule has 2 aliphatic rings. The average molecular weight is 551 g/mol. The van der Waals surface area contributed by atoms with Gasteiger partial charge in [0.25, 0.3) is 0 Å². The average Bonchev–Trinajstić information content (AvgIpc) is 3.32. The number of aliphatic imine (C=N–C) groups is 1. The van der Waals surface area contributed by atoms with Crippen LogP contribution in [0.4, 0.5) is 11.6 Å². The Kier molecular flexibility index (Phi) is 11.0. The van der Waals surface area contributed by atoms with E-state index in [4.69, 9.17) is 44.0 Å². The number of hydrogen-bond donors (Lipinski definition) is 4. The Morgan fingerprint density at radius 2 is 1.70 bits per heavy atom. The molecule has 1 aromatic carbocycles. The summed E-state index contributed by atoms with van der Waals surface area (Å²) < 4.78 is 10.6. The molecule has 198 valence electrons. The minimum Gasteiger partial charge on any atom is -0.454 e. The standard InChI is InChI=1S/C17H19NO3.C6H8ClN7O.ClH/c19-17(18-10-4-1-5-11-18)7-3-2-6-14-8-9-15-16(12-14)21-13-20-15;7-2-4(9)13-3(8)1(12-2)5(15)14-6(10)11;/h2-3,6-9,12H,1,4-5,10-11,13H2;(H4,8,9,13)(H4,10,11,14,15);1H. The van der Waals surface area contributed by atoms with Gasteiger partial charge in [0.2, 0.25) is 12.7 Å². The summed E-state index contributed by atoms with van der Waals surface area (Å²) in [5.41, 5.74) is 21.5. The number of amides is 2. The highest BCUT2D eigenvalue weighted by Crippen LogP contribution is 2.32. The second-order valence-electron chi connectivity index (χ2n) is 7.69. The number of nitrogens with zero attached hydrogens (tertiary/aromatic N) is 4. The van der Waals surface area contributed by atoms with Crippen molar-refractivity contribution in [3.8, 4) is 11.5 Å². The molecule has 0 saturated carbocycles. The van der Waals surface area contributed by atoms with Crippen molar-refractivity contribution in [3.05, 3.63) is 52.8 Å². The lowest BCUT2D eigenvalue weighted by Gasteiger charge is -2.25. The number of rotatable bonds is 4. The SMILES string of the molecule is Cl.NC(N)=NC(=O)c1nc(Cl)c(N)nc1N.O=C(C=CC=Cc1ccc2c(c1)OCO2)N1CCCCC1. The fourth-order valence-electron chi connectivity index (χ4n) is 3.31. The molecule has 0 unspecified atom stereocenters. The third-order valence-electron chi connectivity index (χ3n) is 5.04. The van der Waals surface area contributed by atoms with Crippen molar-refractivity contribution < 1.29 is 19.1 Å². The van der Waals surface area contributed by atoms with E-state index in [2.05, 4.69) is 15.0 Å². The van der Waals surface area contributed by atoms with Crippen molar-refractivity contribution in [1.29, 1.82) is 0 Å². The van der Waals surface area contributed by atoms with E-state index in [-0.39, 0.29) is 47.6 Å². The molecule has 0 radical (unpaired) electrons. The molecule has 2 amide bonds. The summed E-state index contributed by atoms with van der Waals surface area (Å²) >= 11 is 5.55. The van der Waals surface area contributed by atoms with Crippen molar-refractivity contribution >= 4 is 59.5 Å². The number of fused-ring (bicyclic) bond motifs is 1. The zero-order valence-corrected chi connectivity index (χ0v) is 21.4. The number of nitrogen functional groups attached to an aromatic ring is 2. The number of hydrogen-bond acceptors (Lipinski definition) is 8. The van der Waals surface area contributed by atoms with Crippen molar-refractivity contribution in [2.75, 3.05) is 31.3 Å². The maximum absolute atomic E-state index is 11.9. The van der Waals surface area contributed by atoms with E-state index in [1.165, 1.54) is 6.42 Å². The summed E-state index contributed by atoms with van der Waals surface area (Å²) in [6, 6.07) is 5.79. The van der Waals surface area contributed by atoms with E-state index in [1.54, 1.807) is 12.2 Å². The van der Waals surface area contributed by atoms with Gasteiger partial charge in [-0.15, -0.1) is 12.4 Å². The number of benzene rings is 1. The molecule has 0 aliphatic carbocycles. The number of ether oxygens (including phenoxy) is 2. The molecule has 1 aromatic heterocycles. The van der Waals surface area contributed by atoms with Crippen LogP contribution in [0.1, 0.15) is 35.3 Å². The van der Waals surface area contributed by atoms with Crippen LogP contribution in [0.25, 0.3) is 6.08 Å². The molecule has 0 atom stereocenters. The van der Waals surface area contributed by atoms with Gasteiger partial charge in [-0.1, -0.05) is 35.9 Å². The number of anilines is 2. The predicted octanol–water partition coefficient (Wildman–Crippen LogP) is 2.13. The molecule has 3 heterocycles. The molecule has 8 N–H and O–H groups in total. The highest BCUT2D eigenvalue weighted by atomic mass is 35.5. The minimum atomic E-state index is -0.832. The minimum absolute atomic E-state index is 0. The van der Waals surface area contributed by atoms with Gasteiger partial charge in [0, 0.05) is 19.2 Å². The number of guanidine groups is 1. The van der Waals surface area contributed by atoms with Gasteiger partial charge >= 0.3 is 5.91 Å². The Bertz CT molecular complexity index is 1210. The van der Waals surface area contributed by atoms with E-state index < -0.39 is 11.9 Å². The predicted molar refractivity (Wildman–Crippen MR) is 144 cm³/mol. The molecule has 4 rings (SSSR count). The third-order valence-corrected chi connectivity index (χ3v) is 5.32. The summed E-state index contributed by atoms with van der Waals surface area (Å²) in [6.07, 6.45) is 10.7. The Morgan fingerprint density at radius 1 is 1.00 bits per heavy atom. The van der Waals surface area contributed by atoms with Crippen LogP contribution in [0.15, 0.2) is 41.4 Å². The first kappa shape index (κ1) is 29.2. The number of allylic oxidation sites excluding steroid dienone is 2. The van der Waals surface area contributed by atoms with Crippen molar-refractivity contribution in [1.82, 2.24) is 14.9 Å². The maximum Gasteiger partial charge on any atom is 0.302 e. The lowest BCUT2D eigenvalue weighted by Crippen LogP contribution is -2.34. The van der Waals surface area contributed by atoms with E-state index in [1.807, 2.05) is 35.3 Å². The summed E-state index contributed by atoms with van der Waals surface area (Å²) in [5, 5.41) is -0.140. The van der Waals surface area contributed by atoms with Gasteiger partial charge in [-0.05, 0) is 37.0 Å². The largest absolute Gasteiger partial charge is 0.454 e. The summed E-state index contributed by atoms with van der Waals surface area (Å²) in [7, 11) is 0. The molecule has 2 aliphatic heterocycles. The summed E-state index contributed by atoms with van der Waals surface area (Å²) in [5.74, 6) is 0.150.